The van der Waals surface area contributed by atoms with Crippen molar-refractivity contribution in [1.82, 2.24) is 19.7 Å². The average molecular weight is 314 g/mol. The van der Waals surface area contributed by atoms with Crippen molar-refractivity contribution in [2.45, 2.75) is 13.2 Å². The highest BCUT2D eigenvalue weighted by molar-refractivity contribution is 6.30. The predicted octanol–water partition coefficient (Wildman–Crippen LogP) is 2.46. The van der Waals surface area contributed by atoms with Crippen LogP contribution in [-0.2, 0) is 13.2 Å². The molecule has 0 unspecified atom stereocenters. The number of fused-ring (bicyclic) bond motifs is 3. The minimum Gasteiger partial charge on any atom is -0.388 e. The first-order valence-electron chi connectivity index (χ1n) is 6.80. The highest BCUT2D eigenvalue weighted by atomic mass is 35.5. The van der Waals surface area contributed by atoms with Crippen molar-refractivity contribution in [3.8, 4) is 5.69 Å². The van der Waals surface area contributed by atoms with Crippen LogP contribution in [0.5, 0.6) is 0 Å². The van der Waals surface area contributed by atoms with E-state index in [1.807, 2.05) is 36.4 Å². The number of nitrogens with zero attached hydrogens (tertiary/aromatic N) is 5. The maximum absolute atomic E-state index is 9.27. The van der Waals surface area contributed by atoms with Gasteiger partial charge in [0.2, 0.25) is 0 Å². The normalized spacial score (nSPS) is 12.9. The Balaban J connectivity index is 1.87. The van der Waals surface area contributed by atoms with Crippen LogP contribution in [-0.4, -0.2) is 24.9 Å². The maximum atomic E-state index is 9.27. The van der Waals surface area contributed by atoms with Crippen LogP contribution in [0.15, 0.2) is 42.6 Å². The van der Waals surface area contributed by atoms with E-state index in [1.54, 1.807) is 10.9 Å². The maximum Gasteiger partial charge on any atom is 0.176 e. The summed E-state index contributed by atoms with van der Waals surface area (Å²) in [7, 11) is 0. The van der Waals surface area contributed by atoms with Gasteiger partial charge in [-0.25, -0.2) is 14.6 Å². The molecule has 3 aromatic rings. The van der Waals surface area contributed by atoms with E-state index in [2.05, 4.69) is 20.0 Å². The molecule has 6 nitrogen and oxygen atoms in total. The zero-order valence-corrected chi connectivity index (χ0v) is 12.3. The monoisotopic (exact) mass is 313 g/mol. The molecular formula is C15H12ClN5O. The SMILES string of the molecule is OCc1nc2n(n1)-c1cccnc1N(c1ccc(Cl)cc1)C2. The van der Waals surface area contributed by atoms with Crippen LogP contribution in [0.3, 0.4) is 0 Å². The standard InChI is InChI=1S/C15H12ClN5O/c16-10-3-5-11(6-4-10)20-8-14-18-13(9-22)19-21(14)12-2-1-7-17-15(12)20/h1-7,22H,8-9H2. The zero-order chi connectivity index (χ0) is 15.1. The van der Waals surface area contributed by atoms with Gasteiger partial charge >= 0.3 is 0 Å². The molecule has 1 N–H and O–H groups in total. The summed E-state index contributed by atoms with van der Waals surface area (Å²) in [5.41, 5.74) is 1.81. The van der Waals surface area contributed by atoms with E-state index in [-0.39, 0.29) is 6.61 Å². The Hall–Kier alpha value is -2.44. The second kappa shape index (κ2) is 5.08. The largest absolute Gasteiger partial charge is 0.388 e. The van der Waals surface area contributed by atoms with Gasteiger partial charge in [0, 0.05) is 16.9 Å². The van der Waals surface area contributed by atoms with E-state index in [9.17, 15) is 5.11 Å². The molecule has 0 aliphatic carbocycles. The summed E-state index contributed by atoms with van der Waals surface area (Å²) in [6.07, 6.45) is 1.75. The number of anilines is 2. The molecule has 22 heavy (non-hydrogen) atoms. The smallest absolute Gasteiger partial charge is 0.176 e. The molecule has 3 heterocycles. The molecule has 1 aromatic carbocycles. The summed E-state index contributed by atoms with van der Waals surface area (Å²) in [6.45, 7) is 0.342. The van der Waals surface area contributed by atoms with Crippen molar-refractivity contribution in [2.24, 2.45) is 0 Å². The van der Waals surface area contributed by atoms with Gasteiger partial charge < -0.3 is 10.0 Å². The third-order valence-electron chi connectivity index (χ3n) is 3.55. The van der Waals surface area contributed by atoms with Crippen LogP contribution in [0, 0.1) is 0 Å². The number of pyridine rings is 1. The molecule has 0 saturated carbocycles. The number of benzene rings is 1. The highest BCUT2D eigenvalue weighted by Crippen LogP contribution is 2.34. The van der Waals surface area contributed by atoms with E-state index in [1.165, 1.54) is 0 Å². The average Bonchev–Trinajstić information content (AvgIpc) is 2.98. The Labute approximate surface area is 131 Å². The molecule has 0 saturated heterocycles. The van der Waals surface area contributed by atoms with Gasteiger partial charge in [0.25, 0.3) is 0 Å². The topological polar surface area (TPSA) is 67.1 Å². The van der Waals surface area contributed by atoms with Gasteiger partial charge in [-0.2, -0.15) is 0 Å². The molecule has 7 heteroatoms. The van der Waals surface area contributed by atoms with Crippen LogP contribution in [0.1, 0.15) is 11.6 Å². The second-order valence-electron chi connectivity index (χ2n) is 4.92. The quantitative estimate of drug-likeness (QED) is 0.787. The number of rotatable bonds is 2. The Morgan fingerprint density at radius 2 is 2.00 bits per heavy atom. The lowest BCUT2D eigenvalue weighted by atomic mass is 10.2. The van der Waals surface area contributed by atoms with Crippen LogP contribution < -0.4 is 4.90 Å². The lowest BCUT2D eigenvalue weighted by Gasteiger charge is -2.29. The van der Waals surface area contributed by atoms with Crippen LogP contribution in [0.2, 0.25) is 5.02 Å². The summed E-state index contributed by atoms with van der Waals surface area (Å²) < 4.78 is 1.74. The number of halogens is 1. The first-order valence-corrected chi connectivity index (χ1v) is 7.18. The van der Waals surface area contributed by atoms with Crippen LogP contribution in [0.4, 0.5) is 11.5 Å². The van der Waals surface area contributed by atoms with E-state index in [4.69, 9.17) is 11.6 Å². The predicted molar refractivity (Wildman–Crippen MR) is 82.4 cm³/mol. The van der Waals surface area contributed by atoms with E-state index in [0.29, 0.717) is 17.4 Å². The summed E-state index contributed by atoms with van der Waals surface area (Å²) in [5.74, 6) is 1.97. The highest BCUT2D eigenvalue weighted by Gasteiger charge is 2.26. The number of aliphatic hydroxyl groups excluding tert-OH is 1. The fraction of sp³-hybridized carbons (Fsp3) is 0.133. The second-order valence-corrected chi connectivity index (χ2v) is 5.36. The fourth-order valence-corrected chi connectivity index (χ4v) is 2.69. The van der Waals surface area contributed by atoms with Gasteiger partial charge in [0.1, 0.15) is 12.3 Å². The Bertz CT molecular complexity index is 830. The molecule has 0 atom stereocenters. The Morgan fingerprint density at radius 3 is 2.77 bits per heavy atom. The molecule has 2 aromatic heterocycles. The first kappa shape index (κ1) is 13.2. The number of hydrogen-bond donors (Lipinski definition) is 1. The van der Waals surface area contributed by atoms with Crippen LogP contribution in [0.25, 0.3) is 5.69 Å². The van der Waals surface area contributed by atoms with Crippen molar-refractivity contribution in [2.75, 3.05) is 4.90 Å². The molecular weight excluding hydrogens is 302 g/mol. The van der Waals surface area contributed by atoms with Gasteiger partial charge in [-0.3, -0.25) is 0 Å². The molecule has 0 fully saturated rings. The Morgan fingerprint density at radius 1 is 1.18 bits per heavy atom. The van der Waals surface area contributed by atoms with Gasteiger partial charge in [-0.05, 0) is 36.4 Å². The molecule has 110 valence electrons. The molecule has 0 amide bonds. The van der Waals surface area contributed by atoms with E-state index >= 15 is 0 Å². The summed E-state index contributed by atoms with van der Waals surface area (Å²) in [4.78, 5) is 10.9. The van der Waals surface area contributed by atoms with Gasteiger partial charge in [-0.15, -0.1) is 5.10 Å². The molecule has 0 spiro atoms. The molecule has 1 aliphatic heterocycles. The Kier molecular flexibility index (Phi) is 3.06. The number of aliphatic hydroxyl groups is 1. The van der Waals surface area contributed by atoms with E-state index in [0.717, 1.165) is 23.0 Å². The summed E-state index contributed by atoms with van der Waals surface area (Å²) >= 11 is 5.97. The third-order valence-corrected chi connectivity index (χ3v) is 3.80. The van der Waals surface area contributed by atoms with Crippen LogP contribution >= 0.6 is 11.6 Å². The van der Waals surface area contributed by atoms with Gasteiger partial charge in [-0.1, -0.05) is 11.6 Å². The summed E-state index contributed by atoms with van der Waals surface area (Å²) in [5, 5.41) is 14.3. The molecule has 0 bridgehead atoms. The van der Waals surface area contributed by atoms with Crippen molar-refractivity contribution in [3.05, 3.63) is 59.3 Å². The lowest BCUT2D eigenvalue weighted by molar-refractivity contribution is 0.271. The van der Waals surface area contributed by atoms with Crippen molar-refractivity contribution < 1.29 is 5.11 Å². The van der Waals surface area contributed by atoms with Crippen molar-refractivity contribution in [3.63, 3.8) is 0 Å². The number of hydrogen-bond acceptors (Lipinski definition) is 5. The van der Waals surface area contributed by atoms with E-state index < -0.39 is 0 Å². The van der Waals surface area contributed by atoms with Gasteiger partial charge in [0.15, 0.2) is 17.5 Å². The van der Waals surface area contributed by atoms with Crippen molar-refractivity contribution >= 4 is 23.1 Å². The third kappa shape index (κ3) is 2.04. The minimum atomic E-state index is -0.184. The summed E-state index contributed by atoms with van der Waals surface area (Å²) in [6, 6.07) is 11.4. The zero-order valence-electron chi connectivity index (χ0n) is 11.5. The number of aromatic nitrogens is 4. The fourth-order valence-electron chi connectivity index (χ4n) is 2.57. The first-order chi connectivity index (χ1) is 10.8. The molecule has 1 aliphatic rings. The molecule has 0 radical (unpaired) electrons. The lowest BCUT2D eigenvalue weighted by Crippen LogP contribution is -2.27. The molecule has 4 rings (SSSR count). The van der Waals surface area contributed by atoms with Crippen molar-refractivity contribution in [1.29, 1.82) is 0 Å². The van der Waals surface area contributed by atoms with Gasteiger partial charge in [0.05, 0.1) is 6.54 Å². The minimum absolute atomic E-state index is 0.184.